The molecule has 2 aromatic heterocycles. The van der Waals surface area contributed by atoms with E-state index in [0.29, 0.717) is 0 Å². The molecule has 0 aliphatic rings. The van der Waals surface area contributed by atoms with Crippen molar-refractivity contribution in [2.75, 3.05) is 0 Å². The second kappa shape index (κ2) is 31.1. The molecule has 0 spiro atoms. The Bertz CT molecular complexity index is 435. The molecule has 0 aliphatic carbocycles. The van der Waals surface area contributed by atoms with Crippen molar-refractivity contribution in [3.63, 3.8) is 0 Å². The molecule has 10 nitrogen and oxygen atoms in total. The van der Waals surface area contributed by atoms with Crippen molar-refractivity contribution >= 4 is 0 Å². The van der Waals surface area contributed by atoms with E-state index in [2.05, 4.69) is 9.97 Å². The first-order valence-corrected chi connectivity index (χ1v) is 4.91. The van der Waals surface area contributed by atoms with Crippen molar-refractivity contribution in [2.24, 2.45) is 0 Å². The molecule has 0 amide bonds. The smallest absolute Gasteiger partial charge is 0.870 e. The summed E-state index contributed by atoms with van der Waals surface area (Å²) in [5, 5.41) is 0. The Morgan fingerprint density at radius 1 is 0.727 bits per heavy atom. The Labute approximate surface area is 142 Å². The number of hydrogen-bond acceptors (Lipinski definition) is 4. The standard InChI is InChI=1S/C6H7N.C5H5N.2N3.2H2O.Pt/c1-6-2-4-7-5-3-6;1-2-4-6-5-3-1;2*1-3-2;;;/h2-5H,1H3;1-5H;;;2*1H2;/q;;2*-1;;;+4/p-2. The number of aryl methyl sites for hydroxylation is 1. The first-order valence-electron chi connectivity index (χ1n) is 4.91. The Kier molecular flexibility index (Phi) is 44.9. The monoisotopic (exact) mass is 485 g/mol. The maximum absolute atomic E-state index is 6.75. The van der Waals surface area contributed by atoms with Crippen LogP contribution in [0.2, 0.25) is 0 Å². The third-order valence-electron chi connectivity index (χ3n) is 1.41. The summed E-state index contributed by atoms with van der Waals surface area (Å²) in [6.45, 7) is 2.04. The first kappa shape index (κ1) is 31.8. The molecule has 0 unspecified atom stereocenters. The van der Waals surface area contributed by atoms with Gasteiger partial charge in [0.2, 0.25) is 0 Å². The van der Waals surface area contributed by atoms with E-state index in [4.69, 9.17) is 22.1 Å². The van der Waals surface area contributed by atoms with Crippen LogP contribution in [0.3, 0.4) is 0 Å². The van der Waals surface area contributed by atoms with Crippen molar-refractivity contribution < 1.29 is 32.0 Å². The van der Waals surface area contributed by atoms with Gasteiger partial charge in [-0.2, -0.15) is 0 Å². The van der Waals surface area contributed by atoms with E-state index in [-0.39, 0.29) is 32.0 Å². The quantitative estimate of drug-likeness (QED) is 0.310. The van der Waals surface area contributed by atoms with E-state index in [9.17, 15) is 0 Å². The van der Waals surface area contributed by atoms with Crippen molar-refractivity contribution in [1.82, 2.24) is 9.97 Å². The predicted molar refractivity (Wildman–Crippen MR) is 77.2 cm³/mol. The number of pyridine rings is 2. The molecule has 0 aromatic carbocycles. The van der Waals surface area contributed by atoms with Crippen LogP contribution in [0.15, 0.2) is 55.1 Å². The summed E-state index contributed by atoms with van der Waals surface area (Å²) in [6, 6.07) is 9.66. The van der Waals surface area contributed by atoms with Gasteiger partial charge in [-0.05, 0) is 36.8 Å². The third kappa shape index (κ3) is 36.0. The number of nitrogens with zero attached hydrogens (tertiary/aromatic N) is 8. The van der Waals surface area contributed by atoms with Gasteiger partial charge in [-0.25, -0.2) is 0 Å². The van der Waals surface area contributed by atoms with Crippen LogP contribution in [-0.2, 0) is 21.1 Å². The predicted octanol–water partition coefficient (Wildman–Crippen LogP) is 3.85. The average Bonchev–Trinajstić information content (AvgIpc) is 2.44. The third-order valence-corrected chi connectivity index (χ3v) is 1.41. The Hall–Kier alpha value is -2.47. The average molecular weight is 485 g/mol. The molecule has 2 aromatic rings. The van der Waals surface area contributed by atoms with Crippen molar-refractivity contribution in [1.29, 1.82) is 0 Å². The van der Waals surface area contributed by atoms with Crippen LogP contribution < -0.4 is 0 Å². The molecule has 0 bridgehead atoms. The zero-order valence-electron chi connectivity index (χ0n) is 11.5. The van der Waals surface area contributed by atoms with Crippen LogP contribution in [0.5, 0.6) is 0 Å². The van der Waals surface area contributed by atoms with E-state index in [1.165, 1.54) is 15.4 Å². The molecule has 0 fully saturated rings. The minimum Gasteiger partial charge on any atom is -0.870 e. The molecule has 0 atom stereocenters. The molecule has 120 valence electrons. The fourth-order valence-corrected chi connectivity index (χ4v) is 0.739. The largest absolute Gasteiger partial charge is 4.00 e. The summed E-state index contributed by atoms with van der Waals surface area (Å²) in [6.07, 6.45) is 7.07. The molecule has 0 saturated carbocycles. The SMILES string of the molecule is Cc1ccncc1.[N-]=[N+]=[N-].[N-]=[N+]=[N-].[OH-].[OH-].[Pt+4].c1ccncc1. The Morgan fingerprint density at radius 2 is 1.05 bits per heavy atom. The normalized spacial score (nSPS) is 5.68. The fourth-order valence-electron chi connectivity index (χ4n) is 0.739. The summed E-state index contributed by atoms with van der Waals surface area (Å²) in [7, 11) is 0. The van der Waals surface area contributed by atoms with Crippen LogP contribution in [0.1, 0.15) is 5.56 Å². The van der Waals surface area contributed by atoms with Gasteiger partial charge >= 0.3 is 21.1 Å². The molecular formula is C11H14N8O2Pt. The van der Waals surface area contributed by atoms with Crippen LogP contribution in [0.25, 0.3) is 31.9 Å². The van der Waals surface area contributed by atoms with E-state index >= 15 is 0 Å². The number of rotatable bonds is 0. The Morgan fingerprint density at radius 3 is 1.18 bits per heavy atom. The van der Waals surface area contributed by atoms with Crippen LogP contribution in [-0.4, -0.2) is 20.9 Å². The summed E-state index contributed by atoms with van der Waals surface area (Å²) >= 11 is 0. The summed E-state index contributed by atoms with van der Waals surface area (Å²) in [4.78, 5) is 10.6. The van der Waals surface area contributed by atoms with Crippen LogP contribution in [0, 0.1) is 6.92 Å². The minimum absolute atomic E-state index is 0. The van der Waals surface area contributed by atoms with E-state index < -0.39 is 0 Å². The molecule has 22 heavy (non-hydrogen) atoms. The topological polar surface area (TPSA) is 203 Å². The first-order chi connectivity index (χ1) is 9.22. The molecule has 2 heterocycles. The molecule has 0 radical (unpaired) electrons. The van der Waals surface area contributed by atoms with Crippen LogP contribution in [0.4, 0.5) is 0 Å². The maximum Gasteiger partial charge on any atom is 4.00 e. The molecule has 11 heteroatoms. The van der Waals surface area contributed by atoms with Gasteiger partial charge in [0.15, 0.2) is 0 Å². The van der Waals surface area contributed by atoms with Crippen LogP contribution >= 0.6 is 0 Å². The fraction of sp³-hybridized carbons (Fsp3) is 0.0909. The Balaban J connectivity index is -0.0000000596. The second-order valence-corrected chi connectivity index (χ2v) is 2.73. The van der Waals surface area contributed by atoms with E-state index in [1.54, 1.807) is 24.8 Å². The van der Waals surface area contributed by atoms with Gasteiger partial charge in [-0.1, -0.05) is 6.07 Å². The van der Waals surface area contributed by atoms with Gasteiger partial charge in [0, 0.05) is 24.8 Å². The van der Waals surface area contributed by atoms with Gasteiger partial charge in [0.05, 0.1) is 0 Å². The zero-order valence-corrected chi connectivity index (χ0v) is 13.8. The maximum atomic E-state index is 6.75. The molecule has 0 aliphatic heterocycles. The number of aromatic nitrogens is 2. The van der Waals surface area contributed by atoms with E-state index in [1.807, 2.05) is 37.3 Å². The van der Waals surface area contributed by atoms with Crippen molar-refractivity contribution in [3.8, 4) is 0 Å². The second-order valence-electron chi connectivity index (χ2n) is 2.73. The van der Waals surface area contributed by atoms with Gasteiger partial charge in [0.25, 0.3) is 0 Å². The van der Waals surface area contributed by atoms with Crippen molar-refractivity contribution in [3.05, 3.63) is 92.6 Å². The minimum atomic E-state index is 0. The summed E-state index contributed by atoms with van der Waals surface area (Å²) < 4.78 is 0. The molecule has 0 saturated heterocycles. The van der Waals surface area contributed by atoms with Gasteiger partial charge < -0.3 is 33.1 Å². The molecule has 2 rings (SSSR count). The zero-order chi connectivity index (χ0) is 14.8. The van der Waals surface area contributed by atoms with Gasteiger partial charge in [-0.3, -0.25) is 19.8 Å². The number of hydrogen-bond donors (Lipinski definition) is 0. The van der Waals surface area contributed by atoms with Crippen molar-refractivity contribution in [2.45, 2.75) is 6.92 Å². The molecule has 2 N–H and O–H groups in total. The van der Waals surface area contributed by atoms with Gasteiger partial charge in [-0.15, -0.1) is 0 Å². The molecular weight excluding hydrogens is 471 g/mol. The summed E-state index contributed by atoms with van der Waals surface area (Å²) in [5.41, 5.74) is 28.3. The van der Waals surface area contributed by atoms with Gasteiger partial charge in [0.1, 0.15) is 0 Å². The van der Waals surface area contributed by atoms with E-state index in [0.717, 1.165) is 0 Å². The summed E-state index contributed by atoms with van der Waals surface area (Å²) in [5.74, 6) is 0.